The van der Waals surface area contributed by atoms with Crippen LogP contribution in [-0.4, -0.2) is 32.2 Å². The minimum Gasteiger partial charge on any atom is -0.465 e. The van der Waals surface area contributed by atoms with Gasteiger partial charge in [-0.25, -0.2) is 9.59 Å². The second-order valence-corrected chi connectivity index (χ2v) is 8.38. The van der Waals surface area contributed by atoms with Gasteiger partial charge in [0, 0.05) is 6.04 Å². The second kappa shape index (κ2) is 9.13. The van der Waals surface area contributed by atoms with E-state index >= 15 is 0 Å². The van der Waals surface area contributed by atoms with Gasteiger partial charge in [-0.2, -0.15) is 0 Å². The smallest absolute Gasteiger partial charge is 0.344 e. The number of benzene rings is 1. The summed E-state index contributed by atoms with van der Waals surface area (Å²) in [6.45, 7) is 3.83. The number of ether oxygens (including phenoxy) is 2. The van der Waals surface area contributed by atoms with Crippen molar-refractivity contribution in [3.05, 3.63) is 50.9 Å². The molecule has 4 rings (SSSR count). The first-order valence-electron chi connectivity index (χ1n) is 11.0. The monoisotopic (exact) mass is 453 g/mol. The van der Waals surface area contributed by atoms with E-state index in [0.29, 0.717) is 11.0 Å². The van der Waals surface area contributed by atoms with Crippen LogP contribution in [0, 0.1) is 13.8 Å². The summed E-state index contributed by atoms with van der Waals surface area (Å²) in [6, 6.07) is 3.60. The van der Waals surface area contributed by atoms with Gasteiger partial charge in [0.25, 0.3) is 0 Å². The number of fused-ring (bicyclic) bond motifs is 1. The van der Waals surface area contributed by atoms with E-state index in [4.69, 9.17) is 18.3 Å². The minimum atomic E-state index is -0.814. The highest BCUT2D eigenvalue weighted by Gasteiger charge is 2.34. The Morgan fingerprint density at radius 1 is 0.970 bits per heavy atom. The number of hydrogen-bond acceptors (Lipinski definition) is 8. The van der Waals surface area contributed by atoms with E-state index in [2.05, 4.69) is 5.32 Å². The van der Waals surface area contributed by atoms with Crippen LogP contribution in [0.1, 0.15) is 63.9 Å². The molecule has 0 bridgehead atoms. The van der Waals surface area contributed by atoms with Crippen molar-refractivity contribution in [1.82, 2.24) is 0 Å². The Labute approximate surface area is 190 Å². The van der Waals surface area contributed by atoms with E-state index in [9.17, 15) is 14.4 Å². The van der Waals surface area contributed by atoms with Crippen molar-refractivity contribution in [1.29, 1.82) is 0 Å². The molecule has 2 heterocycles. The number of carbonyl (C=O) groups excluding carboxylic acids is 2. The number of esters is 2. The van der Waals surface area contributed by atoms with E-state index in [1.54, 1.807) is 12.1 Å². The number of aryl methyl sites for hydroxylation is 2. The lowest BCUT2D eigenvalue weighted by atomic mass is 9.95. The summed E-state index contributed by atoms with van der Waals surface area (Å²) < 4.78 is 21.6. The molecule has 1 fully saturated rings. The first-order chi connectivity index (χ1) is 15.8. The molecule has 174 valence electrons. The largest absolute Gasteiger partial charge is 0.465 e. The van der Waals surface area contributed by atoms with Gasteiger partial charge in [0.05, 0.1) is 19.6 Å². The van der Waals surface area contributed by atoms with Crippen molar-refractivity contribution < 1.29 is 27.9 Å². The molecule has 0 radical (unpaired) electrons. The maximum absolute atomic E-state index is 13.4. The molecule has 1 aliphatic carbocycles. The SMILES string of the molecule is COC(=O)c1c(NC2CCCCC2)oc(-c2coc3cc(C)c(C)cc3c2=O)c1C(=O)OC. The van der Waals surface area contributed by atoms with Gasteiger partial charge in [0.2, 0.25) is 11.3 Å². The molecular formula is C25H27NO7. The summed E-state index contributed by atoms with van der Waals surface area (Å²) in [6.07, 6.45) is 6.30. The third-order valence-electron chi connectivity index (χ3n) is 6.26. The number of carbonyl (C=O) groups is 2. The summed E-state index contributed by atoms with van der Waals surface area (Å²) in [4.78, 5) is 38.9. The number of methoxy groups -OCH3 is 2. The molecule has 3 aromatic rings. The van der Waals surface area contributed by atoms with Crippen LogP contribution in [0.15, 0.2) is 32.0 Å². The summed E-state index contributed by atoms with van der Waals surface area (Å²) in [7, 11) is 2.42. The maximum atomic E-state index is 13.4. The third-order valence-corrected chi connectivity index (χ3v) is 6.26. The van der Waals surface area contributed by atoms with Gasteiger partial charge in [-0.3, -0.25) is 4.79 Å². The molecule has 1 aliphatic rings. The Balaban J connectivity index is 1.94. The molecule has 8 heteroatoms. The molecule has 0 unspecified atom stereocenters. The molecule has 1 aromatic carbocycles. The number of nitrogens with one attached hydrogen (secondary N) is 1. The first kappa shape index (κ1) is 22.6. The van der Waals surface area contributed by atoms with Crippen molar-refractivity contribution in [2.24, 2.45) is 0 Å². The number of hydrogen-bond donors (Lipinski definition) is 1. The maximum Gasteiger partial charge on any atom is 0.344 e. The normalized spacial score (nSPS) is 14.3. The van der Waals surface area contributed by atoms with Crippen molar-refractivity contribution in [2.75, 3.05) is 19.5 Å². The Morgan fingerprint density at radius 3 is 2.27 bits per heavy atom. The zero-order valence-electron chi connectivity index (χ0n) is 19.2. The average molecular weight is 453 g/mol. The molecule has 0 aliphatic heterocycles. The predicted octanol–water partition coefficient (Wildman–Crippen LogP) is 4.99. The molecule has 1 saturated carbocycles. The van der Waals surface area contributed by atoms with E-state index in [0.717, 1.165) is 43.2 Å². The van der Waals surface area contributed by atoms with Crippen LogP contribution in [0.4, 0.5) is 5.88 Å². The quantitative estimate of drug-likeness (QED) is 0.539. The molecule has 2 aromatic heterocycles. The summed E-state index contributed by atoms with van der Waals surface area (Å²) >= 11 is 0. The van der Waals surface area contributed by atoms with Crippen molar-refractivity contribution in [3.63, 3.8) is 0 Å². The summed E-state index contributed by atoms with van der Waals surface area (Å²) in [5, 5.41) is 3.59. The van der Waals surface area contributed by atoms with E-state index in [1.165, 1.54) is 20.5 Å². The molecule has 0 saturated heterocycles. The lowest BCUT2D eigenvalue weighted by Crippen LogP contribution is -2.23. The van der Waals surface area contributed by atoms with E-state index < -0.39 is 11.9 Å². The van der Waals surface area contributed by atoms with Crippen LogP contribution in [-0.2, 0) is 9.47 Å². The molecule has 1 N–H and O–H groups in total. The zero-order valence-corrected chi connectivity index (χ0v) is 19.2. The minimum absolute atomic E-state index is 0.0213. The van der Waals surface area contributed by atoms with Crippen molar-refractivity contribution in [3.8, 4) is 11.3 Å². The molecule has 33 heavy (non-hydrogen) atoms. The second-order valence-electron chi connectivity index (χ2n) is 8.38. The highest BCUT2D eigenvalue weighted by Crippen LogP contribution is 2.37. The van der Waals surface area contributed by atoms with Gasteiger partial charge in [0.1, 0.15) is 28.5 Å². The Morgan fingerprint density at radius 2 is 1.61 bits per heavy atom. The van der Waals surface area contributed by atoms with Crippen LogP contribution < -0.4 is 10.7 Å². The van der Waals surface area contributed by atoms with Gasteiger partial charge in [-0.05, 0) is 49.9 Å². The number of rotatable bonds is 5. The van der Waals surface area contributed by atoms with Crippen LogP contribution in [0.5, 0.6) is 0 Å². The van der Waals surface area contributed by atoms with Crippen LogP contribution in [0.2, 0.25) is 0 Å². The van der Waals surface area contributed by atoms with Crippen molar-refractivity contribution in [2.45, 2.75) is 52.0 Å². The standard InChI is InChI=1S/C25H27NO7/c1-13-10-16-18(11-14(13)2)32-12-17(21(16)27)22-19(24(28)30-3)20(25(29)31-4)23(33-22)26-15-8-6-5-7-9-15/h10-12,15,26H,5-9H2,1-4H3. The van der Waals surface area contributed by atoms with E-state index in [-0.39, 0.29) is 39.8 Å². The highest BCUT2D eigenvalue weighted by molar-refractivity contribution is 6.10. The summed E-state index contributed by atoms with van der Waals surface area (Å²) in [5.74, 6) is -1.58. The fourth-order valence-corrected chi connectivity index (χ4v) is 4.29. The van der Waals surface area contributed by atoms with Crippen LogP contribution in [0.25, 0.3) is 22.3 Å². The lowest BCUT2D eigenvalue weighted by Gasteiger charge is -2.22. The lowest BCUT2D eigenvalue weighted by molar-refractivity contribution is 0.0558. The first-order valence-corrected chi connectivity index (χ1v) is 11.0. The Bertz CT molecular complexity index is 1280. The average Bonchev–Trinajstić information content (AvgIpc) is 3.19. The molecule has 8 nitrogen and oxygen atoms in total. The topological polar surface area (TPSA) is 108 Å². The fraction of sp³-hybridized carbons (Fsp3) is 0.400. The predicted molar refractivity (Wildman–Crippen MR) is 123 cm³/mol. The molecule has 0 atom stereocenters. The zero-order chi connectivity index (χ0) is 23.7. The number of furan rings is 1. The molecular weight excluding hydrogens is 426 g/mol. The summed E-state index contributed by atoms with van der Waals surface area (Å²) in [5.41, 5.74) is 1.72. The Kier molecular flexibility index (Phi) is 6.26. The third kappa shape index (κ3) is 4.13. The van der Waals surface area contributed by atoms with Crippen LogP contribution in [0.3, 0.4) is 0 Å². The van der Waals surface area contributed by atoms with Crippen molar-refractivity contribution >= 4 is 28.8 Å². The van der Waals surface area contributed by atoms with Gasteiger partial charge < -0.3 is 23.6 Å². The Hall–Kier alpha value is -3.55. The van der Waals surface area contributed by atoms with Crippen LogP contribution >= 0.6 is 0 Å². The molecule has 0 amide bonds. The molecule has 0 spiro atoms. The van der Waals surface area contributed by atoms with Gasteiger partial charge in [-0.15, -0.1) is 0 Å². The van der Waals surface area contributed by atoms with E-state index in [1.807, 2.05) is 13.8 Å². The number of anilines is 1. The van der Waals surface area contributed by atoms with Gasteiger partial charge >= 0.3 is 11.9 Å². The highest BCUT2D eigenvalue weighted by atomic mass is 16.5. The van der Waals surface area contributed by atoms with Gasteiger partial charge in [-0.1, -0.05) is 19.3 Å². The fourth-order valence-electron chi connectivity index (χ4n) is 4.29. The van der Waals surface area contributed by atoms with Gasteiger partial charge in [0.15, 0.2) is 5.76 Å².